The third kappa shape index (κ3) is 3.44. The highest BCUT2D eigenvalue weighted by Crippen LogP contribution is 2.21. The summed E-state index contributed by atoms with van der Waals surface area (Å²) in [5.74, 6) is 5.02. The molecule has 1 aromatic heterocycles. The van der Waals surface area contributed by atoms with E-state index in [0.717, 1.165) is 0 Å². The summed E-state index contributed by atoms with van der Waals surface area (Å²) in [6.45, 7) is 1.31. The van der Waals surface area contributed by atoms with Gasteiger partial charge in [0.1, 0.15) is 5.69 Å². The number of hydrogen-bond donors (Lipinski definition) is 3. The van der Waals surface area contributed by atoms with E-state index in [4.69, 9.17) is 10.6 Å². The molecule has 4 N–H and O–H groups in total. The molecule has 0 unspecified atom stereocenters. The number of ether oxygens (including phenoxy) is 1. The van der Waals surface area contributed by atoms with Crippen LogP contribution in [0.1, 0.15) is 23.3 Å². The molecule has 7 nitrogen and oxygen atoms in total. The number of nitrogens with two attached hydrogens (primary N) is 1. The number of nitrogen functional groups attached to an aromatic ring is 1. The SMILES string of the molecule is CN(CC1(O)CCOCC1)C(=O)c1ccc(NN)cn1. The van der Waals surface area contributed by atoms with Crippen LogP contribution in [-0.2, 0) is 4.74 Å². The van der Waals surface area contributed by atoms with Gasteiger partial charge in [0.05, 0.1) is 17.5 Å². The van der Waals surface area contributed by atoms with Gasteiger partial charge in [0.2, 0.25) is 0 Å². The number of aromatic nitrogens is 1. The molecule has 0 bridgehead atoms. The molecule has 0 atom stereocenters. The van der Waals surface area contributed by atoms with Crippen LogP contribution in [-0.4, -0.2) is 53.3 Å². The summed E-state index contributed by atoms with van der Waals surface area (Å²) >= 11 is 0. The Balaban J connectivity index is 2.00. The maximum Gasteiger partial charge on any atom is 0.272 e. The molecule has 1 aromatic rings. The molecule has 1 amide bonds. The van der Waals surface area contributed by atoms with Gasteiger partial charge >= 0.3 is 0 Å². The smallest absolute Gasteiger partial charge is 0.272 e. The van der Waals surface area contributed by atoms with Crippen molar-refractivity contribution < 1.29 is 14.6 Å². The van der Waals surface area contributed by atoms with Crippen molar-refractivity contribution in [1.29, 1.82) is 0 Å². The lowest BCUT2D eigenvalue weighted by Crippen LogP contribution is -2.47. The van der Waals surface area contributed by atoms with Gasteiger partial charge in [-0.15, -0.1) is 0 Å². The molecule has 1 fully saturated rings. The number of rotatable bonds is 4. The zero-order valence-electron chi connectivity index (χ0n) is 11.5. The third-order valence-corrected chi connectivity index (χ3v) is 3.45. The van der Waals surface area contributed by atoms with Gasteiger partial charge in [-0.05, 0) is 12.1 Å². The summed E-state index contributed by atoms with van der Waals surface area (Å²) in [5, 5.41) is 10.4. The van der Waals surface area contributed by atoms with Gasteiger partial charge < -0.3 is 20.2 Å². The number of hydrazine groups is 1. The summed E-state index contributed by atoms with van der Waals surface area (Å²) < 4.78 is 5.22. The molecule has 1 aliphatic heterocycles. The highest BCUT2D eigenvalue weighted by atomic mass is 16.5. The Hall–Kier alpha value is -1.70. The van der Waals surface area contributed by atoms with E-state index in [2.05, 4.69) is 10.4 Å². The van der Waals surface area contributed by atoms with Crippen LogP contribution in [0.3, 0.4) is 0 Å². The fourth-order valence-corrected chi connectivity index (χ4v) is 2.22. The summed E-state index contributed by atoms with van der Waals surface area (Å²) in [6.07, 6.45) is 2.56. The molecule has 0 saturated carbocycles. The van der Waals surface area contributed by atoms with E-state index in [1.807, 2.05) is 0 Å². The van der Waals surface area contributed by atoms with Crippen molar-refractivity contribution in [3.63, 3.8) is 0 Å². The number of anilines is 1. The number of nitrogens with zero attached hydrogens (tertiary/aromatic N) is 2. The second kappa shape index (κ2) is 6.17. The Kier molecular flexibility index (Phi) is 4.53. The van der Waals surface area contributed by atoms with Crippen LogP contribution < -0.4 is 11.3 Å². The van der Waals surface area contributed by atoms with E-state index < -0.39 is 5.60 Å². The Labute approximate surface area is 117 Å². The van der Waals surface area contributed by atoms with Gasteiger partial charge in [-0.2, -0.15) is 0 Å². The molecule has 2 heterocycles. The Morgan fingerprint density at radius 3 is 2.80 bits per heavy atom. The van der Waals surface area contributed by atoms with E-state index in [-0.39, 0.29) is 12.5 Å². The van der Waals surface area contributed by atoms with Crippen LogP contribution in [0.5, 0.6) is 0 Å². The number of hydrogen-bond acceptors (Lipinski definition) is 6. The van der Waals surface area contributed by atoms with Gasteiger partial charge in [-0.25, -0.2) is 4.98 Å². The first-order chi connectivity index (χ1) is 9.54. The van der Waals surface area contributed by atoms with Gasteiger partial charge in [0.15, 0.2) is 0 Å². The molecule has 1 aliphatic rings. The highest BCUT2D eigenvalue weighted by molar-refractivity contribution is 5.92. The van der Waals surface area contributed by atoms with Crippen LogP contribution in [0.2, 0.25) is 0 Å². The average molecular weight is 280 g/mol. The van der Waals surface area contributed by atoms with E-state index in [1.54, 1.807) is 19.2 Å². The largest absolute Gasteiger partial charge is 0.388 e. The first-order valence-corrected chi connectivity index (χ1v) is 6.52. The van der Waals surface area contributed by atoms with Crippen LogP contribution in [0, 0.1) is 0 Å². The number of nitrogens with one attached hydrogen (secondary N) is 1. The van der Waals surface area contributed by atoms with Gasteiger partial charge in [0, 0.05) is 39.6 Å². The predicted octanol–water partition coefficient (Wildman–Crippen LogP) is -0.0193. The summed E-state index contributed by atoms with van der Waals surface area (Å²) in [6, 6.07) is 3.28. The van der Waals surface area contributed by atoms with Crippen molar-refractivity contribution in [2.45, 2.75) is 18.4 Å². The molecular weight excluding hydrogens is 260 g/mol. The summed E-state index contributed by atoms with van der Waals surface area (Å²) in [5.41, 5.74) is 2.53. The van der Waals surface area contributed by atoms with E-state index in [9.17, 15) is 9.90 Å². The third-order valence-electron chi connectivity index (χ3n) is 3.45. The lowest BCUT2D eigenvalue weighted by molar-refractivity contribution is -0.0734. The minimum atomic E-state index is -0.874. The lowest BCUT2D eigenvalue weighted by Gasteiger charge is -2.35. The number of aliphatic hydroxyl groups is 1. The highest BCUT2D eigenvalue weighted by Gasteiger charge is 2.32. The number of likely N-dealkylation sites (N-methyl/N-ethyl adjacent to an activating group) is 1. The molecule has 20 heavy (non-hydrogen) atoms. The van der Waals surface area contributed by atoms with Crippen molar-refractivity contribution in [3.05, 3.63) is 24.0 Å². The first kappa shape index (κ1) is 14.7. The van der Waals surface area contributed by atoms with Crippen molar-refractivity contribution in [1.82, 2.24) is 9.88 Å². The number of carbonyl (C=O) groups excluding carboxylic acids is 1. The van der Waals surface area contributed by atoms with E-state index in [0.29, 0.717) is 37.4 Å². The van der Waals surface area contributed by atoms with Crippen molar-refractivity contribution in [2.24, 2.45) is 5.84 Å². The monoisotopic (exact) mass is 280 g/mol. The Bertz CT molecular complexity index is 457. The minimum absolute atomic E-state index is 0.228. The second-order valence-corrected chi connectivity index (χ2v) is 5.07. The topological polar surface area (TPSA) is 101 Å². The van der Waals surface area contributed by atoms with Crippen molar-refractivity contribution >= 4 is 11.6 Å². The molecule has 7 heteroatoms. The van der Waals surface area contributed by atoms with E-state index >= 15 is 0 Å². The normalized spacial score (nSPS) is 17.6. The standard InChI is InChI=1S/C13H20N4O3/c1-17(9-13(19)4-6-20-7-5-13)12(18)11-3-2-10(16-14)8-15-11/h2-3,8,16,19H,4-7,9,14H2,1H3. The Morgan fingerprint density at radius 1 is 1.55 bits per heavy atom. The van der Waals surface area contributed by atoms with Gasteiger partial charge in [-0.1, -0.05) is 0 Å². The average Bonchev–Trinajstić information content (AvgIpc) is 2.47. The fourth-order valence-electron chi connectivity index (χ4n) is 2.22. The molecular formula is C13H20N4O3. The van der Waals surface area contributed by atoms with Crippen LogP contribution >= 0.6 is 0 Å². The predicted molar refractivity (Wildman–Crippen MR) is 74.0 cm³/mol. The van der Waals surface area contributed by atoms with Gasteiger partial charge in [-0.3, -0.25) is 10.6 Å². The molecule has 0 aromatic carbocycles. The van der Waals surface area contributed by atoms with Gasteiger partial charge in [0.25, 0.3) is 5.91 Å². The maximum absolute atomic E-state index is 12.2. The first-order valence-electron chi connectivity index (χ1n) is 6.52. The van der Waals surface area contributed by atoms with Crippen LogP contribution in [0.15, 0.2) is 18.3 Å². The fraction of sp³-hybridized carbons (Fsp3) is 0.538. The Morgan fingerprint density at radius 2 is 2.25 bits per heavy atom. The molecule has 0 radical (unpaired) electrons. The second-order valence-electron chi connectivity index (χ2n) is 5.07. The molecule has 1 saturated heterocycles. The van der Waals surface area contributed by atoms with Crippen LogP contribution in [0.4, 0.5) is 5.69 Å². The summed E-state index contributed by atoms with van der Waals surface area (Å²) in [4.78, 5) is 17.8. The quantitative estimate of drug-likeness (QED) is 0.529. The number of pyridine rings is 1. The maximum atomic E-state index is 12.2. The molecule has 0 spiro atoms. The van der Waals surface area contributed by atoms with Crippen molar-refractivity contribution in [3.8, 4) is 0 Å². The molecule has 110 valence electrons. The molecule has 2 rings (SSSR count). The van der Waals surface area contributed by atoms with Crippen molar-refractivity contribution in [2.75, 3.05) is 32.2 Å². The minimum Gasteiger partial charge on any atom is -0.388 e. The van der Waals surface area contributed by atoms with Crippen LogP contribution in [0.25, 0.3) is 0 Å². The number of carbonyl (C=O) groups is 1. The summed E-state index contributed by atoms with van der Waals surface area (Å²) in [7, 11) is 1.66. The zero-order valence-corrected chi connectivity index (χ0v) is 11.5. The van der Waals surface area contributed by atoms with E-state index in [1.165, 1.54) is 11.1 Å². The number of amides is 1. The zero-order chi connectivity index (χ0) is 14.6. The molecule has 0 aliphatic carbocycles. The lowest BCUT2D eigenvalue weighted by atomic mass is 9.94.